The Hall–Kier alpha value is -4.74. The lowest BCUT2D eigenvalue weighted by atomic mass is 10.0. The van der Waals surface area contributed by atoms with Crippen LogP contribution in [0.3, 0.4) is 0 Å². The number of hydrogen-bond donors (Lipinski definition) is 3. The van der Waals surface area contributed by atoms with Gasteiger partial charge >= 0.3 is 0 Å². The summed E-state index contributed by atoms with van der Waals surface area (Å²) in [4.78, 5) is 78.2. The minimum absolute atomic E-state index is 0.0325. The highest BCUT2D eigenvalue weighted by molar-refractivity contribution is 6.25. The number of carbonyl (C=O) groups is 6. The highest BCUT2D eigenvalue weighted by Gasteiger charge is 2.45. The first kappa shape index (κ1) is 26.9. The average molecular weight is 548 g/mol. The van der Waals surface area contributed by atoms with Crippen LogP contribution in [-0.4, -0.2) is 84.1 Å². The molecule has 2 saturated heterocycles. The summed E-state index contributed by atoms with van der Waals surface area (Å²) >= 11 is 0. The van der Waals surface area contributed by atoms with Gasteiger partial charge in [-0.1, -0.05) is 12.1 Å². The number of imide groups is 2. The zero-order valence-corrected chi connectivity index (χ0v) is 21.9. The van der Waals surface area contributed by atoms with E-state index in [4.69, 9.17) is 4.74 Å². The molecule has 3 heterocycles. The number of rotatable bonds is 7. The summed E-state index contributed by atoms with van der Waals surface area (Å²) in [6.45, 7) is 0.811. The third kappa shape index (κ3) is 5.24. The normalized spacial score (nSPS) is 19.3. The Balaban J connectivity index is 1.16. The average Bonchev–Trinajstić information content (AvgIpc) is 3.22. The summed E-state index contributed by atoms with van der Waals surface area (Å²) in [5.74, 6) is -2.16. The van der Waals surface area contributed by atoms with E-state index in [1.807, 2.05) is 0 Å². The summed E-state index contributed by atoms with van der Waals surface area (Å²) in [5, 5.41) is 8.17. The Morgan fingerprint density at radius 1 is 1.00 bits per heavy atom. The van der Waals surface area contributed by atoms with E-state index in [0.717, 1.165) is 4.90 Å². The van der Waals surface area contributed by atoms with Gasteiger partial charge in [0.05, 0.1) is 24.8 Å². The molecule has 208 valence electrons. The predicted octanol–water partition coefficient (Wildman–Crippen LogP) is 0.929. The summed E-state index contributed by atoms with van der Waals surface area (Å²) in [6.07, 6.45) is 1.28. The molecule has 0 aliphatic carbocycles. The topological polar surface area (TPSA) is 154 Å². The lowest BCUT2D eigenvalue weighted by molar-refractivity contribution is -0.136. The second-order valence-electron chi connectivity index (χ2n) is 9.89. The van der Waals surface area contributed by atoms with Crippen LogP contribution in [0.5, 0.6) is 5.75 Å². The molecule has 3 aliphatic rings. The molecule has 2 aromatic carbocycles. The van der Waals surface area contributed by atoms with Crippen LogP contribution in [0, 0.1) is 0 Å². The number of fused-ring (bicyclic) bond motifs is 1. The Morgan fingerprint density at radius 2 is 1.75 bits per heavy atom. The van der Waals surface area contributed by atoms with E-state index in [1.54, 1.807) is 41.3 Å². The van der Waals surface area contributed by atoms with Gasteiger partial charge in [0.25, 0.3) is 17.7 Å². The molecule has 1 unspecified atom stereocenters. The number of ether oxygens (including phenoxy) is 1. The Morgan fingerprint density at radius 3 is 2.48 bits per heavy atom. The van der Waals surface area contributed by atoms with Crippen molar-refractivity contribution in [3.05, 3.63) is 59.2 Å². The molecule has 6 amide bonds. The van der Waals surface area contributed by atoms with Gasteiger partial charge in [0, 0.05) is 36.8 Å². The smallest absolute Gasteiger partial charge is 0.264 e. The number of methoxy groups -OCH3 is 1. The summed E-state index contributed by atoms with van der Waals surface area (Å²) in [5.41, 5.74) is 1.06. The van der Waals surface area contributed by atoms with Crippen LogP contribution < -0.4 is 20.7 Å². The van der Waals surface area contributed by atoms with Gasteiger partial charge in [-0.2, -0.15) is 0 Å². The van der Waals surface area contributed by atoms with Crippen LogP contribution in [0.25, 0.3) is 0 Å². The fourth-order valence-electron chi connectivity index (χ4n) is 5.25. The highest BCUT2D eigenvalue weighted by Crippen LogP contribution is 2.32. The molecule has 0 bridgehead atoms. The third-order valence-electron chi connectivity index (χ3n) is 7.41. The second kappa shape index (κ2) is 11.2. The second-order valence-corrected chi connectivity index (χ2v) is 9.89. The van der Waals surface area contributed by atoms with Crippen molar-refractivity contribution in [1.82, 2.24) is 20.4 Å². The fourth-order valence-corrected chi connectivity index (χ4v) is 5.25. The lowest BCUT2D eigenvalue weighted by Gasteiger charge is -2.32. The maximum Gasteiger partial charge on any atom is 0.264 e. The number of hydrogen-bond acceptors (Lipinski definition) is 8. The van der Waals surface area contributed by atoms with E-state index in [0.29, 0.717) is 42.9 Å². The summed E-state index contributed by atoms with van der Waals surface area (Å²) in [7, 11) is 1.54. The molecular weight excluding hydrogens is 518 g/mol. The molecule has 5 rings (SSSR count). The number of piperidine rings is 2. The maximum absolute atomic E-state index is 13.2. The largest absolute Gasteiger partial charge is 0.497 e. The van der Waals surface area contributed by atoms with Crippen LogP contribution in [0.15, 0.2) is 42.5 Å². The molecular formula is C28H29N5O7. The monoisotopic (exact) mass is 547 g/mol. The highest BCUT2D eigenvalue weighted by atomic mass is 16.5. The van der Waals surface area contributed by atoms with Crippen LogP contribution >= 0.6 is 0 Å². The van der Waals surface area contributed by atoms with Crippen molar-refractivity contribution in [2.75, 3.05) is 32.1 Å². The van der Waals surface area contributed by atoms with Crippen LogP contribution in [0.4, 0.5) is 5.69 Å². The Bertz CT molecular complexity index is 1400. The molecule has 2 aromatic rings. The van der Waals surface area contributed by atoms with Crippen molar-refractivity contribution < 1.29 is 33.5 Å². The van der Waals surface area contributed by atoms with Crippen molar-refractivity contribution in [3.63, 3.8) is 0 Å². The zero-order valence-electron chi connectivity index (χ0n) is 21.9. The molecule has 2 fully saturated rings. The Labute approximate surface area is 230 Å². The first-order chi connectivity index (χ1) is 19.3. The van der Waals surface area contributed by atoms with E-state index in [-0.39, 0.29) is 48.4 Å². The van der Waals surface area contributed by atoms with E-state index in [2.05, 4.69) is 16.0 Å². The Kier molecular flexibility index (Phi) is 7.50. The van der Waals surface area contributed by atoms with Gasteiger partial charge in [0.15, 0.2) is 0 Å². The van der Waals surface area contributed by atoms with E-state index < -0.39 is 29.7 Å². The van der Waals surface area contributed by atoms with Gasteiger partial charge in [-0.15, -0.1) is 0 Å². The van der Waals surface area contributed by atoms with Gasteiger partial charge in [-0.25, -0.2) is 0 Å². The minimum atomic E-state index is -1.06. The van der Waals surface area contributed by atoms with Gasteiger partial charge < -0.3 is 20.3 Å². The van der Waals surface area contributed by atoms with Crippen molar-refractivity contribution >= 4 is 41.1 Å². The molecule has 0 aromatic heterocycles. The molecule has 0 radical (unpaired) electrons. The number of nitrogens with zero attached hydrogens (tertiary/aromatic N) is 2. The van der Waals surface area contributed by atoms with Crippen LogP contribution in [0.1, 0.15) is 56.8 Å². The van der Waals surface area contributed by atoms with Gasteiger partial charge in [0.2, 0.25) is 17.7 Å². The molecule has 3 N–H and O–H groups in total. The number of benzene rings is 2. The van der Waals surface area contributed by atoms with Crippen molar-refractivity contribution in [2.24, 2.45) is 0 Å². The van der Waals surface area contributed by atoms with E-state index in [9.17, 15) is 28.8 Å². The van der Waals surface area contributed by atoms with E-state index >= 15 is 0 Å². The van der Waals surface area contributed by atoms with Gasteiger partial charge in [-0.05, 0) is 49.6 Å². The summed E-state index contributed by atoms with van der Waals surface area (Å²) in [6, 6.07) is 10.5. The summed E-state index contributed by atoms with van der Waals surface area (Å²) < 4.78 is 5.17. The molecule has 3 aliphatic heterocycles. The number of amides is 6. The third-order valence-corrected chi connectivity index (χ3v) is 7.41. The first-order valence-corrected chi connectivity index (χ1v) is 13.1. The van der Waals surface area contributed by atoms with Gasteiger partial charge in [-0.3, -0.25) is 39.0 Å². The minimum Gasteiger partial charge on any atom is -0.497 e. The molecule has 0 saturated carbocycles. The number of carbonyl (C=O) groups excluding carboxylic acids is 6. The van der Waals surface area contributed by atoms with Crippen LogP contribution in [-0.2, 0) is 14.4 Å². The molecule has 40 heavy (non-hydrogen) atoms. The fraction of sp³-hybridized carbons (Fsp3) is 0.357. The van der Waals surface area contributed by atoms with Crippen molar-refractivity contribution in [2.45, 2.75) is 37.8 Å². The van der Waals surface area contributed by atoms with Crippen LogP contribution in [0.2, 0.25) is 0 Å². The van der Waals surface area contributed by atoms with E-state index in [1.165, 1.54) is 13.2 Å². The molecule has 1 atom stereocenters. The molecule has 12 nitrogen and oxygen atoms in total. The number of nitrogens with one attached hydrogen (secondary N) is 3. The SMILES string of the molecule is COc1cccc(C(=O)NC2CCN(C(=O)CNc3cccc4c3C(=O)N(C3CCC(=O)NC3=O)C4=O)CC2)c1. The molecule has 0 spiro atoms. The first-order valence-electron chi connectivity index (χ1n) is 13.1. The number of likely N-dealkylation sites (tertiary alicyclic amines) is 1. The number of anilines is 1. The molecule has 12 heteroatoms. The van der Waals surface area contributed by atoms with Crippen molar-refractivity contribution in [1.29, 1.82) is 0 Å². The standard InChI is InChI=1S/C28H29N5O7/c1-40-18-5-2-4-16(14-18)25(36)30-17-10-12-32(13-11-17)23(35)15-29-20-7-3-6-19-24(20)28(39)33(27(19)38)21-8-9-22(34)31-26(21)37/h2-7,14,17,21,29H,8-13,15H2,1H3,(H,30,36)(H,31,34,37). The maximum atomic E-state index is 13.2. The lowest BCUT2D eigenvalue weighted by Crippen LogP contribution is -2.54. The quantitative estimate of drug-likeness (QED) is 0.433. The predicted molar refractivity (Wildman–Crippen MR) is 142 cm³/mol. The van der Waals surface area contributed by atoms with Gasteiger partial charge in [0.1, 0.15) is 11.8 Å². The van der Waals surface area contributed by atoms with Crippen molar-refractivity contribution in [3.8, 4) is 5.75 Å². The zero-order chi connectivity index (χ0) is 28.4.